The largest absolute Gasteiger partial charge is 0.0901 e. The van der Waals surface area contributed by atoms with Gasteiger partial charge in [-0.05, 0) is 32.8 Å². The van der Waals surface area contributed by atoms with Crippen LogP contribution in [0.15, 0.2) is 43.9 Å². The molecule has 0 saturated carbocycles. The summed E-state index contributed by atoms with van der Waals surface area (Å²) in [6, 6.07) is 0. The van der Waals surface area contributed by atoms with Crippen molar-refractivity contribution in [2.75, 3.05) is 0 Å². The van der Waals surface area contributed by atoms with Gasteiger partial charge in [-0.15, -0.1) is 0 Å². The molecular weight excluding hydrogens is 256 g/mol. The minimum Gasteiger partial charge on any atom is -0.0901 e. The van der Waals surface area contributed by atoms with Crippen LogP contribution in [0.4, 0.5) is 0 Å². The summed E-state index contributed by atoms with van der Waals surface area (Å²) in [7, 11) is 0. The normalized spacial score (nSPS) is 20.6. The van der Waals surface area contributed by atoms with E-state index in [0.717, 1.165) is 0 Å². The van der Waals surface area contributed by atoms with Crippen molar-refractivity contribution in [3.8, 4) is 0 Å². The predicted octanol–water partition coefficient (Wildman–Crippen LogP) is 6.11. The lowest BCUT2D eigenvalue weighted by Crippen LogP contribution is -2.04. The molecule has 0 aromatic heterocycles. The molecule has 18 heavy (non-hydrogen) atoms. The third kappa shape index (κ3) is 2.80. The van der Waals surface area contributed by atoms with Crippen molar-refractivity contribution in [2.45, 2.75) is 41.5 Å². The first kappa shape index (κ1) is 14.1. The Morgan fingerprint density at radius 2 is 1.11 bits per heavy atom. The number of hydrogen-bond acceptors (Lipinski definition) is 2. The molecular formula is C16H22S2. The van der Waals surface area contributed by atoms with E-state index >= 15 is 0 Å². The molecule has 0 saturated heterocycles. The van der Waals surface area contributed by atoms with Crippen molar-refractivity contribution in [3.63, 3.8) is 0 Å². The Balaban J connectivity index is 2.41. The zero-order chi connectivity index (χ0) is 13.6. The van der Waals surface area contributed by atoms with Crippen LogP contribution in [0, 0.1) is 10.8 Å². The molecule has 0 N–H and O–H groups in total. The SMILES string of the molecule is CC(C)(C)C1=C(C(C)(C)C)C1=C1SC=CC=CS1. The molecule has 2 rings (SSSR count). The van der Waals surface area contributed by atoms with Gasteiger partial charge < -0.3 is 0 Å². The first-order valence-corrected chi connectivity index (χ1v) is 8.14. The second-order valence-electron chi connectivity index (χ2n) is 6.81. The maximum atomic E-state index is 2.32. The average Bonchev–Trinajstić information content (AvgIpc) is 2.97. The zero-order valence-corrected chi connectivity index (χ0v) is 13.8. The molecule has 2 heteroatoms. The van der Waals surface area contributed by atoms with Gasteiger partial charge in [-0.25, -0.2) is 0 Å². The standard InChI is InChI=1S/C16H22S2/c1-15(2,3)12-11(13(12)16(4,5)6)14-17-9-7-8-10-18-14/h7-10H,1-6H3. The molecule has 0 fully saturated rings. The van der Waals surface area contributed by atoms with E-state index in [1.165, 1.54) is 9.81 Å². The number of rotatable bonds is 0. The fourth-order valence-electron chi connectivity index (χ4n) is 2.33. The van der Waals surface area contributed by atoms with Gasteiger partial charge in [0.2, 0.25) is 0 Å². The zero-order valence-electron chi connectivity index (χ0n) is 12.1. The number of thioether (sulfide) groups is 2. The Hall–Kier alpha value is -0.340. The van der Waals surface area contributed by atoms with Crippen molar-refractivity contribution in [3.05, 3.63) is 43.9 Å². The van der Waals surface area contributed by atoms with E-state index in [0.29, 0.717) is 0 Å². The maximum absolute atomic E-state index is 2.32. The van der Waals surface area contributed by atoms with Gasteiger partial charge in [0, 0.05) is 5.57 Å². The van der Waals surface area contributed by atoms with Gasteiger partial charge in [-0.1, -0.05) is 77.2 Å². The molecule has 0 spiro atoms. The Morgan fingerprint density at radius 1 is 0.722 bits per heavy atom. The first-order valence-electron chi connectivity index (χ1n) is 6.38. The third-order valence-corrected chi connectivity index (χ3v) is 5.01. The summed E-state index contributed by atoms with van der Waals surface area (Å²) in [5.74, 6) is 0. The molecule has 2 aliphatic rings. The first-order chi connectivity index (χ1) is 8.23. The van der Waals surface area contributed by atoms with Crippen LogP contribution in [-0.4, -0.2) is 0 Å². The average molecular weight is 278 g/mol. The summed E-state index contributed by atoms with van der Waals surface area (Å²) in [5.41, 5.74) is 5.20. The van der Waals surface area contributed by atoms with Crippen LogP contribution in [-0.2, 0) is 0 Å². The minimum atomic E-state index is 0.256. The summed E-state index contributed by atoms with van der Waals surface area (Å²) in [6.07, 6.45) is 4.22. The van der Waals surface area contributed by atoms with Gasteiger partial charge in [-0.3, -0.25) is 0 Å². The molecule has 0 unspecified atom stereocenters. The minimum absolute atomic E-state index is 0.256. The van der Waals surface area contributed by atoms with Crippen molar-refractivity contribution in [1.82, 2.24) is 0 Å². The third-order valence-electron chi connectivity index (χ3n) is 3.01. The van der Waals surface area contributed by atoms with E-state index in [9.17, 15) is 0 Å². The van der Waals surface area contributed by atoms with E-state index in [2.05, 4.69) is 64.5 Å². The summed E-state index contributed by atoms with van der Waals surface area (Å²) in [4.78, 5) is 0. The van der Waals surface area contributed by atoms with E-state index in [4.69, 9.17) is 0 Å². The van der Waals surface area contributed by atoms with Crippen molar-refractivity contribution in [1.29, 1.82) is 0 Å². The van der Waals surface area contributed by atoms with E-state index in [1.54, 1.807) is 11.1 Å². The van der Waals surface area contributed by atoms with Crippen molar-refractivity contribution < 1.29 is 0 Å². The summed E-state index contributed by atoms with van der Waals surface area (Å²) < 4.78 is 1.44. The fraction of sp³-hybridized carbons (Fsp3) is 0.500. The van der Waals surface area contributed by atoms with Crippen LogP contribution in [0.5, 0.6) is 0 Å². The fourth-order valence-corrected chi connectivity index (χ4v) is 4.12. The summed E-state index contributed by atoms with van der Waals surface area (Å²) >= 11 is 3.70. The van der Waals surface area contributed by atoms with E-state index < -0.39 is 0 Å². The highest BCUT2D eigenvalue weighted by atomic mass is 32.2. The van der Waals surface area contributed by atoms with Crippen LogP contribution < -0.4 is 0 Å². The second-order valence-corrected chi connectivity index (χ2v) is 8.90. The second kappa shape index (κ2) is 4.64. The van der Waals surface area contributed by atoms with Crippen molar-refractivity contribution in [2.24, 2.45) is 10.8 Å². The predicted molar refractivity (Wildman–Crippen MR) is 86.4 cm³/mol. The molecule has 1 aliphatic carbocycles. The Kier molecular flexibility index (Phi) is 3.63. The highest BCUT2D eigenvalue weighted by Gasteiger charge is 2.45. The topological polar surface area (TPSA) is 0 Å². The van der Waals surface area contributed by atoms with Crippen LogP contribution in [0.1, 0.15) is 41.5 Å². The molecule has 0 amide bonds. The Labute approximate surface area is 120 Å². The Morgan fingerprint density at radius 3 is 1.44 bits per heavy atom. The Bertz CT molecular complexity index is 432. The summed E-state index contributed by atoms with van der Waals surface area (Å²) in [6.45, 7) is 13.9. The van der Waals surface area contributed by atoms with Gasteiger partial charge in [0.1, 0.15) is 0 Å². The molecule has 0 nitrogen and oxygen atoms in total. The van der Waals surface area contributed by atoms with Crippen LogP contribution in [0.25, 0.3) is 0 Å². The molecule has 0 bridgehead atoms. The summed E-state index contributed by atoms with van der Waals surface area (Å²) in [5, 5.41) is 4.36. The highest BCUT2D eigenvalue weighted by molar-refractivity contribution is 8.24. The van der Waals surface area contributed by atoms with E-state index in [1.807, 2.05) is 23.5 Å². The van der Waals surface area contributed by atoms with Gasteiger partial charge in [-0.2, -0.15) is 0 Å². The molecule has 0 aromatic carbocycles. The quantitative estimate of drug-likeness (QED) is 0.524. The van der Waals surface area contributed by atoms with Crippen LogP contribution >= 0.6 is 23.5 Å². The van der Waals surface area contributed by atoms with Gasteiger partial charge >= 0.3 is 0 Å². The lowest BCUT2D eigenvalue weighted by Gasteiger charge is -2.15. The molecule has 0 aromatic rings. The van der Waals surface area contributed by atoms with Crippen molar-refractivity contribution >= 4 is 23.5 Å². The molecule has 1 heterocycles. The maximum Gasteiger partial charge on any atom is 0.0565 e. The molecule has 98 valence electrons. The monoisotopic (exact) mass is 278 g/mol. The number of allylic oxidation sites excluding steroid dienone is 5. The van der Waals surface area contributed by atoms with Crippen LogP contribution in [0.2, 0.25) is 0 Å². The van der Waals surface area contributed by atoms with Gasteiger partial charge in [0.25, 0.3) is 0 Å². The van der Waals surface area contributed by atoms with E-state index in [-0.39, 0.29) is 10.8 Å². The van der Waals surface area contributed by atoms with Gasteiger partial charge in [0.05, 0.1) is 4.24 Å². The highest BCUT2D eigenvalue weighted by Crippen LogP contribution is 2.61. The van der Waals surface area contributed by atoms with Gasteiger partial charge in [0.15, 0.2) is 0 Å². The van der Waals surface area contributed by atoms with Crippen LogP contribution in [0.3, 0.4) is 0 Å². The smallest absolute Gasteiger partial charge is 0.0565 e. The molecule has 0 atom stereocenters. The number of hydrogen-bond donors (Lipinski definition) is 0. The lowest BCUT2D eigenvalue weighted by molar-refractivity contribution is 0.502. The molecule has 0 radical (unpaired) electrons. The lowest BCUT2D eigenvalue weighted by atomic mass is 9.89. The molecule has 1 aliphatic heterocycles.